The Labute approximate surface area is 89.5 Å². The maximum absolute atomic E-state index is 11.1. The van der Waals surface area contributed by atoms with E-state index in [4.69, 9.17) is 10.2 Å². The van der Waals surface area contributed by atoms with E-state index in [2.05, 4.69) is 9.73 Å². The van der Waals surface area contributed by atoms with Gasteiger partial charge >= 0.3 is 17.9 Å². The fourth-order valence-corrected chi connectivity index (χ4v) is 0.926. The zero-order chi connectivity index (χ0) is 12.7. The van der Waals surface area contributed by atoms with Crippen LogP contribution in [-0.4, -0.2) is 46.8 Å². The number of isocyanates is 1. The van der Waals surface area contributed by atoms with Gasteiger partial charge in [-0.1, -0.05) is 0 Å². The Morgan fingerprint density at radius 1 is 1.31 bits per heavy atom. The molecule has 0 aliphatic rings. The number of ether oxygens (including phenoxy) is 1. The van der Waals surface area contributed by atoms with E-state index in [9.17, 15) is 19.2 Å². The van der Waals surface area contributed by atoms with Crippen LogP contribution < -0.4 is 0 Å². The Morgan fingerprint density at radius 2 is 1.88 bits per heavy atom. The fraction of sp³-hybridized carbons (Fsp3) is 0.500. The molecule has 0 bridgehead atoms. The van der Waals surface area contributed by atoms with Gasteiger partial charge in [0.2, 0.25) is 6.08 Å². The number of aliphatic carboxylic acids is 2. The molecule has 0 saturated heterocycles. The number of hydrogen-bond donors (Lipinski definition) is 2. The lowest BCUT2D eigenvalue weighted by Crippen LogP contribution is -2.40. The highest BCUT2D eigenvalue weighted by molar-refractivity contribution is 5.99. The minimum Gasteiger partial charge on any atom is -0.481 e. The highest BCUT2D eigenvalue weighted by Gasteiger charge is 2.41. The van der Waals surface area contributed by atoms with Crippen LogP contribution in [0.5, 0.6) is 0 Å². The van der Waals surface area contributed by atoms with Gasteiger partial charge in [-0.3, -0.25) is 9.59 Å². The monoisotopic (exact) mass is 231 g/mol. The van der Waals surface area contributed by atoms with E-state index >= 15 is 0 Å². The van der Waals surface area contributed by atoms with Crippen molar-refractivity contribution in [1.82, 2.24) is 0 Å². The van der Waals surface area contributed by atoms with Crippen molar-refractivity contribution >= 4 is 24.0 Å². The number of aliphatic imine (C=N–C) groups is 1. The van der Waals surface area contributed by atoms with E-state index < -0.39 is 29.9 Å². The molecule has 2 unspecified atom stereocenters. The van der Waals surface area contributed by atoms with Gasteiger partial charge in [0.15, 0.2) is 12.0 Å². The topological polar surface area (TPSA) is 130 Å². The SMILES string of the molecule is CCOC(=O)C(C(=O)O)C(N=C=O)C(=O)O. The van der Waals surface area contributed by atoms with Gasteiger partial charge < -0.3 is 14.9 Å². The summed E-state index contributed by atoms with van der Waals surface area (Å²) in [5.41, 5.74) is 0. The van der Waals surface area contributed by atoms with E-state index in [1.54, 1.807) is 0 Å². The van der Waals surface area contributed by atoms with Crippen LogP contribution in [0.4, 0.5) is 0 Å². The van der Waals surface area contributed by atoms with Crippen molar-refractivity contribution in [1.29, 1.82) is 0 Å². The first-order valence-corrected chi connectivity index (χ1v) is 4.14. The van der Waals surface area contributed by atoms with Gasteiger partial charge in [-0.15, -0.1) is 0 Å². The smallest absolute Gasteiger partial charge is 0.330 e. The number of nitrogens with zero attached hydrogens (tertiary/aromatic N) is 1. The number of carboxylic acids is 2. The second kappa shape index (κ2) is 6.31. The van der Waals surface area contributed by atoms with E-state index in [0.717, 1.165) is 6.08 Å². The number of carboxylic acid groups (broad SMARTS) is 2. The maximum atomic E-state index is 11.1. The first-order chi connectivity index (χ1) is 7.45. The average molecular weight is 231 g/mol. The normalized spacial score (nSPS) is 13.1. The summed E-state index contributed by atoms with van der Waals surface area (Å²) in [6.45, 7) is 1.31. The van der Waals surface area contributed by atoms with Crippen molar-refractivity contribution in [2.24, 2.45) is 10.9 Å². The summed E-state index contributed by atoms with van der Waals surface area (Å²) in [5, 5.41) is 17.3. The summed E-state index contributed by atoms with van der Waals surface area (Å²) in [4.78, 5) is 45.1. The number of carbonyl (C=O) groups is 3. The van der Waals surface area contributed by atoms with Crippen LogP contribution in [0, 0.1) is 5.92 Å². The molecule has 2 N–H and O–H groups in total. The molecule has 0 aromatic carbocycles. The van der Waals surface area contributed by atoms with Crippen molar-refractivity contribution in [2.45, 2.75) is 13.0 Å². The second-order valence-corrected chi connectivity index (χ2v) is 2.57. The van der Waals surface area contributed by atoms with Gasteiger partial charge in [0.1, 0.15) is 0 Å². The Balaban J connectivity index is 5.14. The van der Waals surface area contributed by atoms with Crippen LogP contribution in [0.15, 0.2) is 4.99 Å². The molecule has 0 amide bonds. The molecule has 0 saturated carbocycles. The summed E-state index contributed by atoms with van der Waals surface area (Å²) < 4.78 is 4.37. The highest BCUT2D eigenvalue weighted by Crippen LogP contribution is 2.11. The Hall–Kier alpha value is -2.21. The molecule has 2 atom stereocenters. The van der Waals surface area contributed by atoms with Crippen molar-refractivity contribution < 1.29 is 34.1 Å². The standard InChI is InChI=1S/C8H9NO7/c1-2-16-8(15)4(6(11)12)5(7(13)14)9-3-10/h4-5H,2H2,1H3,(H,11,12)(H,13,14). The van der Waals surface area contributed by atoms with E-state index in [-0.39, 0.29) is 6.61 Å². The molecule has 0 radical (unpaired) electrons. The molecule has 8 nitrogen and oxygen atoms in total. The largest absolute Gasteiger partial charge is 0.481 e. The first-order valence-electron chi connectivity index (χ1n) is 4.14. The van der Waals surface area contributed by atoms with Gasteiger partial charge in [-0.25, -0.2) is 9.59 Å². The molecule has 0 aliphatic heterocycles. The predicted molar refractivity (Wildman–Crippen MR) is 47.3 cm³/mol. The summed E-state index contributed by atoms with van der Waals surface area (Å²) in [5.74, 6) is -6.77. The Bertz CT molecular complexity index is 342. The lowest BCUT2D eigenvalue weighted by atomic mass is 10.0. The van der Waals surface area contributed by atoms with Crippen molar-refractivity contribution in [3.8, 4) is 0 Å². The zero-order valence-corrected chi connectivity index (χ0v) is 8.24. The lowest BCUT2D eigenvalue weighted by molar-refractivity contribution is -0.163. The van der Waals surface area contributed by atoms with Crippen LogP contribution in [0.3, 0.4) is 0 Å². The Morgan fingerprint density at radius 3 is 2.19 bits per heavy atom. The molecule has 0 spiro atoms. The highest BCUT2D eigenvalue weighted by atomic mass is 16.5. The molecule has 0 heterocycles. The van der Waals surface area contributed by atoms with Crippen molar-refractivity contribution in [3.63, 3.8) is 0 Å². The third kappa shape index (κ3) is 3.50. The molecular formula is C8H9NO7. The minimum atomic E-state index is -2.06. The summed E-state index contributed by atoms with van der Waals surface area (Å²) in [6, 6.07) is -2.03. The van der Waals surface area contributed by atoms with Crippen LogP contribution in [0.25, 0.3) is 0 Å². The van der Waals surface area contributed by atoms with E-state index in [1.165, 1.54) is 6.92 Å². The second-order valence-electron chi connectivity index (χ2n) is 2.57. The van der Waals surface area contributed by atoms with Crippen LogP contribution in [0.1, 0.15) is 6.92 Å². The third-order valence-corrected chi connectivity index (χ3v) is 1.57. The lowest BCUT2D eigenvalue weighted by Gasteiger charge is -2.13. The quantitative estimate of drug-likeness (QED) is 0.260. The number of rotatable bonds is 6. The number of esters is 1. The molecule has 0 fully saturated rings. The molecule has 0 aromatic rings. The first kappa shape index (κ1) is 13.8. The van der Waals surface area contributed by atoms with Gasteiger partial charge in [-0.2, -0.15) is 4.99 Å². The van der Waals surface area contributed by atoms with Crippen molar-refractivity contribution in [2.75, 3.05) is 6.61 Å². The van der Waals surface area contributed by atoms with Crippen molar-refractivity contribution in [3.05, 3.63) is 0 Å². The van der Waals surface area contributed by atoms with Gasteiger partial charge in [0.05, 0.1) is 6.61 Å². The van der Waals surface area contributed by atoms with Gasteiger partial charge in [0.25, 0.3) is 0 Å². The number of carbonyl (C=O) groups excluding carboxylic acids is 2. The molecule has 0 aromatic heterocycles. The zero-order valence-electron chi connectivity index (χ0n) is 8.24. The fourth-order valence-electron chi connectivity index (χ4n) is 0.926. The Kier molecular flexibility index (Phi) is 5.44. The molecule has 8 heteroatoms. The van der Waals surface area contributed by atoms with E-state index in [1.807, 2.05) is 0 Å². The summed E-state index contributed by atoms with van der Waals surface area (Å²) in [6.07, 6.45) is 0.905. The maximum Gasteiger partial charge on any atom is 0.330 e. The third-order valence-electron chi connectivity index (χ3n) is 1.57. The van der Waals surface area contributed by atoms with Crippen LogP contribution in [-0.2, 0) is 23.9 Å². The molecule has 88 valence electrons. The predicted octanol–water partition coefficient (Wildman–Crippen LogP) is -0.961. The summed E-state index contributed by atoms with van der Waals surface area (Å²) >= 11 is 0. The van der Waals surface area contributed by atoms with Gasteiger partial charge in [-0.05, 0) is 6.92 Å². The van der Waals surface area contributed by atoms with Crippen LogP contribution in [0.2, 0.25) is 0 Å². The van der Waals surface area contributed by atoms with E-state index in [0.29, 0.717) is 0 Å². The average Bonchev–Trinajstić information content (AvgIpc) is 2.16. The molecule has 16 heavy (non-hydrogen) atoms. The number of hydrogen-bond acceptors (Lipinski definition) is 6. The molecular weight excluding hydrogens is 222 g/mol. The minimum absolute atomic E-state index is 0.111. The van der Waals surface area contributed by atoms with Crippen LogP contribution >= 0.6 is 0 Å². The summed E-state index contributed by atoms with van der Waals surface area (Å²) in [7, 11) is 0. The van der Waals surface area contributed by atoms with Gasteiger partial charge in [0, 0.05) is 0 Å². The molecule has 0 aliphatic carbocycles. The molecule has 0 rings (SSSR count).